The molecule has 8 heteroatoms. The fraction of sp³-hybridized carbons (Fsp3) is 0.526. The smallest absolute Gasteiger partial charge is 0.194 e. The lowest BCUT2D eigenvalue weighted by Crippen LogP contribution is -2.40. The fourth-order valence-corrected chi connectivity index (χ4v) is 3.65. The third-order valence-electron chi connectivity index (χ3n) is 4.54. The molecule has 1 unspecified atom stereocenters. The van der Waals surface area contributed by atoms with Crippen LogP contribution in [0.5, 0.6) is 0 Å². The summed E-state index contributed by atoms with van der Waals surface area (Å²) in [6.45, 7) is 3.11. The lowest BCUT2D eigenvalue weighted by Gasteiger charge is -2.23. The van der Waals surface area contributed by atoms with Gasteiger partial charge >= 0.3 is 0 Å². The average Bonchev–Trinajstić information content (AvgIpc) is 3.34. The maximum Gasteiger partial charge on any atom is 0.194 e. The van der Waals surface area contributed by atoms with Crippen molar-refractivity contribution in [2.45, 2.75) is 31.9 Å². The molecule has 0 amide bonds. The second kappa shape index (κ2) is 11.1. The van der Waals surface area contributed by atoms with Crippen LogP contribution in [0.15, 0.2) is 44.5 Å². The molecular weight excluding hydrogens is 523 g/mol. The van der Waals surface area contributed by atoms with E-state index in [0.29, 0.717) is 6.54 Å². The van der Waals surface area contributed by atoms with E-state index in [1.807, 2.05) is 12.1 Å². The Hall–Kier alpha value is -1.000. The van der Waals surface area contributed by atoms with E-state index in [1.54, 1.807) is 6.26 Å². The van der Waals surface area contributed by atoms with Gasteiger partial charge < -0.3 is 23.9 Å². The lowest BCUT2D eigenvalue weighted by molar-refractivity contribution is 0.117. The van der Waals surface area contributed by atoms with Crippen molar-refractivity contribution >= 4 is 45.9 Å². The van der Waals surface area contributed by atoms with Gasteiger partial charge in [-0.15, -0.1) is 24.0 Å². The number of furan rings is 1. The molecule has 0 aliphatic carbocycles. The number of halogens is 2. The number of nitrogens with one attached hydrogen (secondary N) is 1. The van der Waals surface area contributed by atoms with Gasteiger partial charge in [0.1, 0.15) is 5.76 Å². The maximum absolute atomic E-state index is 5.71. The third kappa shape index (κ3) is 6.83. The number of hydrogen-bond acceptors (Lipinski definition) is 3. The van der Waals surface area contributed by atoms with Crippen LogP contribution in [0.1, 0.15) is 24.3 Å². The molecule has 150 valence electrons. The Morgan fingerprint density at radius 1 is 1.48 bits per heavy atom. The van der Waals surface area contributed by atoms with Crippen LogP contribution in [-0.2, 0) is 24.8 Å². The van der Waals surface area contributed by atoms with Gasteiger partial charge in [-0.2, -0.15) is 0 Å². The van der Waals surface area contributed by atoms with Gasteiger partial charge in [0.15, 0.2) is 5.96 Å². The molecule has 0 radical (unpaired) electrons. The van der Waals surface area contributed by atoms with Gasteiger partial charge in [0.25, 0.3) is 0 Å². The van der Waals surface area contributed by atoms with Crippen LogP contribution in [0, 0.1) is 0 Å². The minimum absolute atomic E-state index is 0. The van der Waals surface area contributed by atoms with E-state index in [0.717, 1.165) is 55.2 Å². The van der Waals surface area contributed by atoms with Crippen LogP contribution in [0.4, 0.5) is 0 Å². The molecule has 2 aromatic rings. The Bertz CT molecular complexity index is 711. The summed E-state index contributed by atoms with van der Waals surface area (Å²) in [5.74, 6) is 1.87. The molecule has 1 N–H and O–H groups in total. The van der Waals surface area contributed by atoms with Crippen LogP contribution in [0.25, 0.3) is 0 Å². The predicted octanol–water partition coefficient (Wildman–Crippen LogP) is 3.80. The molecule has 1 atom stereocenters. The molecular formula is C19H28BrIN4O2. The molecule has 0 aromatic carbocycles. The zero-order valence-electron chi connectivity index (χ0n) is 15.9. The van der Waals surface area contributed by atoms with Crippen molar-refractivity contribution in [1.29, 1.82) is 0 Å². The first-order valence-corrected chi connectivity index (χ1v) is 9.85. The number of rotatable bonds is 7. The van der Waals surface area contributed by atoms with Crippen LogP contribution >= 0.6 is 39.9 Å². The maximum atomic E-state index is 5.71. The van der Waals surface area contributed by atoms with Crippen LogP contribution < -0.4 is 5.32 Å². The van der Waals surface area contributed by atoms with Crippen molar-refractivity contribution in [1.82, 2.24) is 14.8 Å². The zero-order valence-corrected chi connectivity index (χ0v) is 19.8. The molecule has 0 saturated carbocycles. The molecule has 0 bridgehead atoms. The Kier molecular flexibility index (Phi) is 9.17. The number of guanidine groups is 1. The molecule has 1 fully saturated rings. The van der Waals surface area contributed by atoms with Gasteiger partial charge in [-0.3, -0.25) is 4.99 Å². The van der Waals surface area contributed by atoms with Crippen molar-refractivity contribution < 1.29 is 9.15 Å². The van der Waals surface area contributed by atoms with Gasteiger partial charge in [0.05, 0.1) is 25.5 Å². The van der Waals surface area contributed by atoms with E-state index in [1.165, 1.54) is 5.69 Å². The largest absolute Gasteiger partial charge is 0.469 e. The van der Waals surface area contributed by atoms with Crippen molar-refractivity contribution in [3.63, 3.8) is 0 Å². The number of hydrogen-bond donors (Lipinski definition) is 1. The van der Waals surface area contributed by atoms with E-state index in [4.69, 9.17) is 14.1 Å². The molecule has 1 aliphatic rings. The summed E-state index contributed by atoms with van der Waals surface area (Å²) in [6, 6.07) is 6.05. The fourth-order valence-electron chi connectivity index (χ4n) is 3.08. The SMILES string of the molecule is CN(Cc1cc(Br)cn1C)C(=NCC1CCCO1)NCCc1ccco1.I. The van der Waals surface area contributed by atoms with E-state index in [9.17, 15) is 0 Å². The number of aromatic nitrogens is 1. The summed E-state index contributed by atoms with van der Waals surface area (Å²) < 4.78 is 14.3. The first-order valence-electron chi connectivity index (χ1n) is 9.06. The minimum atomic E-state index is 0. The highest BCUT2D eigenvalue weighted by Gasteiger charge is 2.16. The second-order valence-corrected chi connectivity index (χ2v) is 7.59. The summed E-state index contributed by atoms with van der Waals surface area (Å²) in [5.41, 5.74) is 1.22. The lowest BCUT2D eigenvalue weighted by atomic mass is 10.2. The quantitative estimate of drug-likeness (QED) is 0.324. The molecule has 2 aromatic heterocycles. The van der Waals surface area contributed by atoms with Gasteiger partial charge in [-0.25, -0.2) is 0 Å². The van der Waals surface area contributed by atoms with Crippen LogP contribution in [0.2, 0.25) is 0 Å². The molecule has 3 heterocycles. The molecule has 0 spiro atoms. The summed E-state index contributed by atoms with van der Waals surface area (Å²) in [5, 5.41) is 3.47. The summed E-state index contributed by atoms with van der Waals surface area (Å²) in [6.07, 6.45) is 7.08. The molecule has 27 heavy (non-hydrogen) atoms. The highest BCUT2D eigenvalue weighted by molar-refractivity contribution is 14.0. The Labute approximate surface area is 186 Å². The van der Waals surface area contributed by atoms with Gasteiger partial charge in [-0.05, 0) is 47.0 Å². The van der Waals surface area contributed by atoms with Crippen molar-refractivity contribution in [3.8, 4) is 0 Å². The highest BCUT2D eigenvalue weighted by atomic mass is 127. The van der Waals surface area contributed by atoms with Crippen molar-refractivity contribution in [3.05, 3.63) is 46.6 Å². The Morgan fingerprint density at radius 2 is 2.33 bits per heavy atom. The van der Waals surface area contributed by atoms with E-state index < -0.39 is 0 Å². The molecule has 3 rings (SSSR count). The average molecular weight is 551 g/mol. The van der Waals surface area contributed by atoms with Crippen molar-refractivity contribution in [2.75, 3.05) is 26.7 Å². The van der Waals surface area contributed by atoms with Gasteiger partial charge in [-0.1, -0.05) is 0 Å². The van der Waals surface area contributed by atoms with Gasteiger partial charge in [0.2, 0.25) is 0 Å². The summed E-state index contributed by atoms with van der Waals surface area (Å²) in [4.78, 5) is 6.96. The van der Waals surface area contributed by atoms with E-state index >= 15 is 0 Å². The monoisotopic (exact) mass is 550 g/mol. The number of aliphatic imine (C=N–C) groups is 1. The van der Waals surface area contributed by atoms with Crippen molar-refractivity contribution in [2.24, 2.45) is 12.0 Å². The van der Waals surface area contributed by atoms with Gasteiger partial charge in [0, 0.05) is 50.0 Å². The number of ether oxygens (including phenoxy) is 1. The van der Waals surface area contributed by atoms with E-state index in [-0.39, 0.29) is 30.1 Å². The first kappa shape index (κ1) is 22.3. The first-order chi connectivity index (χ1) is 12.6. The summed E-state index contributed by atoms with van der Waals surface area (Å²) >= 11 is 3.54. The standard InChI is InChI=1S/C19H27BrN4O2.HI/c1-23-13-15(20)11-16(23)14-24(2)19(22-12-18-6-4-10-26-18)21-8-7-17-5-3-9-25-17;/h3,5,9,11,13,18H,4,6-8,10,12,14H2,1-2H3,(H,21,22);1H. The normalized spacial score (nSPS) is 17.0. The number of aryl methyl sites for hydroxylation is 1. The zero-order chi connectivity index (χ0) is 18.4. The molecule has 1 saturated heterocycles. The highest BCUT2D eigenvalue weighted by Crippen LogP contribution is 2.15. The second-order valence-electron chi connectivity index (χ2n) is 6.67. The third-order valence-corrected chi connectivity index (χ3v) is 4.97. The van der Waals surface area contributed by atoms with Crippen LogP contribution in [0.3, 0.4) is 0 Å². The number of nitrogens with zero attached hydrogens (tertiary/aromatic N) is 3. The van der Waals surface area contributed by atoms with Crippen LogP contribution in [-0.4, -0.2) is 48.3 Å². The predicted molar refractivity (Wildman–Crippen MR) is 122 cm³/mol. The summed E-state index contributed by atoms with van der Waals surface area (Å²) in [7, 11) is 4.12. The molecule has 6 nitrogen and oxygen atoms in total. The van der Waals surface area contributed by atoms with E-state index in [2.05, 4.69) is 57.1 Å². The molecule has 1 aliphatic heterocycles. The minimum Gasteiger partial charge on any atom is -0.469 e. The Balaban J connectivity index is 0.00000261. The topological polar surface area (TPSA) is 54.9 Å². The Morgan fingerprint density at radius 3 is 2.96 bits per heavy atom.